The fourth-order valence-electron chi connectivity index (χ4n) is 5.83. The average Bonchev–Trinajstić information content (AvgIpc) is 3.50. The summed E-state index contributed by atoms with van der Waals surface area (Å²) in [7, 11) is 3.94. The van der Waals surface area contributed by atoms with Gasteiger partial charge in [0.1, 0.15) is 0 Å². The number of para-hydroxylation sites is 1. The number of ether oxygens (including phenoxy) is 1. The van der Waals surface area contributed by atoms with Crippen LogP contribution in [0.2, 0.25) is 0 Å². The highest BCUT2D eigenvalue weighted by atomic mass is 16.5. The van der Waals surface area contributed by atoms with Gasteiger partial charge in [0.05, 0.1) is 11.2 Å². The second-order valence-corrected chi connectivity index (χ2v) is 10.9. The maximum Gasteiger partial charge on any atom is 0.220 e. The van der Waals surface area contributed by atoms with E-state index in [-0.39, 0.29) is 23.4 Å². The minimum Gasteiger partial charge on any atom is -0.425 e. The van der Waals surface area contributed by atoms with Gasteiger partial charge in [0.2, 0.25) is 5.90 Å². The minimum atomic E-state index is -0.113. The van der Waals surface area contributed by atoms with Crippen LogP contribution in [0, 0.1) is 22.1 Å². The van der Waals surface area contributed by atoms with Crippen LogP contribution in [-0.2, 0) is 25.4 Å². The molecule has 9 nitrogen and oxygen atoms in total. The van der Waals surface area contributed by atoms with Crippen LogP contribution in [0.15, 0.2) is 73.1 Å². The molecule has 9 heteroatoms. The van der Waals surface area contributed by atoms with E-state index in [4.69, 9.17) is 26.7 Å². The third-order valence-corrected chi connectivity index (χ3v) is 7.95. The van der Waals surface area contributed by atoms with E-state index in [1.165, 1.54) is 16.5 Å². The molecule has 3 heterocycles. The number of nitrogens with zero attached hydrogens (tertiary/aromatic N) is 4. The van der Waals surface area contributed by atoms with E-state index < -0.39 is 0 Å². The summed E-state index contributed by atoms with van der Waals surface area (Å²) in [6.45, 7) is 2.50. The van der Waals surface area contributed by atoms with Gasteiger partial charge in [-0.1, -0.05) is 24.3 Å². The first-order valence-corrected chi connectivity index (χ1v) is 13.8. The van der Waals surface area contributed by atoms with Crippen molar-refractivity contribution < 1.29 is 4.74 Å². The quantitative estimate of drug-likeness (QED) is 0.131. The highest BCUT2D eigenvalue weighted by Crippen LogP contribution is 2.26. The van der Waals surface area contributed by atoms with E-state index in [0.717, 1.165) is 36.8 Å². The number of fused-ring (bicyclic) bond motifs is 2. The van der Waals surface area contributed by atoms with Crippen molar-refractivity contribution in [3.05, 3.63) is 95.3 Å². The lowest BCUT2D eigenvalue weighted by Gasteiger charge is -2.32. The number of aromatic nitrogens is 3. The third kappa shape index (κ3) is 5.24. The molecule has 3 aromatic carbocycles. The van der Waals surface area contributed by atoms with E-state index in [9.17, 15) is 0 Å². The Balaban J connectivity index is 1.14. The zero-order chi connectivity index (χ0) is 28.7. The van der Waals surface area contributed by atoms with Crippen molar-refractivity contribution in [2.45, 2.75) is 19.4 Å². The van der Waals surface area contributed by atoms with Gasteiger partial charge in [0.25, 0.3) is 0 Å². The Labute approximate surface area is 238 Å². The van der Waals surface area contributed by atoms with E-state index in [1.54, 1.807) is 22.9 Å². The fraction of sp³-hybridized carbons (Fsp3) is 0.250. The molecule has 41 heavy (non-hydrogen) atoms. The van der Waals surface area contributed by atoms with Crippen molar-refractivity contribution in [3.63, 3.8) is 0 Å². The molecule has 0 radical (unpaired) electrons. The van der Waals surface area contributed by atoms with E-state index in [2.05, 4.69) is 52.1 Å². The van der Waals surface area contributed by atoms with Gasteiger partial charge in [-0.05, 0) is 61.3 Å². The van der Waals surface area contributed by atoms with Gasteiger partial charge in [0.15, 0.2) is 5.90 Å². The summed E-state index contributed by atoms with van der Waals surface area (Å²) in [5.41, 5.74) is 12.0. The Bertz CT molecular complexity index is 1810. The van der Waals surface area contributed by atoms with Crippen molar-refractivity contribution in [1.82, 2.24) is 19.2 Å². The molecular weight excluding hydrogens is 512 g/mol. The van der Waals surface area contributed by atoms with Crippen LogP contribution >= 0.6 is 0 Å². The molecule has 1 atom stereocenters. The Kier molecular flexibility index (Phi) is 6.88. The van der Waals surface area contributed by atoms with E-state index in [0.29, 0.717) is 28.9 Å². The number of hydrogen-bond acceptors (Lipinski definition) is 7. The number of nitrogens with two attached hydrogens (primary N) is 1. The van der Waals surface area contributed by atoms with Crippen molar-refractivity contribution in [2.75, 3.05) is 18.8 Å². The number of rotatable bonds is 6. The average molecular weight is 547 g/mol. The summed E-state index contributed by atoms with van der Waals surface area (Å²) < 4.78 is 9.71. The predicted octanol–water partition coefficient (Wildman–Crippen LogP) is 5.29. The lowest BCUT2D eigenvalue weighted by atomic mass is 9.97. The zero-order valence-electron chi connectivity index (χ0n) is 23.3. The molecule has 1 saturated heterocycles. The van der Waals surface area contributed by atoms with Crippen LogP contribution in [0.1, 0.15) is 35.1 Å². The molecule has 0 saturated carbocycles. The standard InChI is InChI=1S/C32H34N8O/c1-38-16-24(25-7-3-4-8-29(25)38)19-40-13-5-6-22(18-40)32(36)41-31(35)21-9-11-27(33)26(15-21)30(34)20-10-12-28-23(14-20)17-39(2)37-28/h3-4,7-12,14-17,22,34-36H,5-6,13,18-19,33H2,1-2H3/t22-/m0/s1. The molecule has 1 aliphatic rings. The molecular formula is C32H34N8O. The number of nitrogens with one attached hydrogen (secondary N) is 3. The maximum atomic E-state index is 8.83. The Hall–Kier alpha value is -4.76. The van der Waals surface area contributed by atoms with Crippen LogP contribution in [0.3, 0.4) is 0 Å². The number of likely N-dealkylation sites (tertiary alicyclic amines) is 1. The minimum absolute atomic E-state index is 0.0863. The largest absolute Gasteiger partial charge is 0.425 e. The molecule has 6 rings (SSSR count). The van der Waals surface area contributed by atoms with Gasteiger partial charge in [-0.25, -0.2) is 0 Å². The second-order valence-electron chi connectivity index (χ2n) is 10.9. The fourth-order valence-corrected chi connectivity index (χ4v) is 5.83. The third-order valence-electron chi connectivity index (χ3n) is 7.95. The lowest BCUT2D eigenvalue weighted by molar-refractivity contribution is 0.188. The molecule has 0 bridgehead atoms. The Morgan fingerprint density at radius 1 is 1.00 bits per heavy atom. The topological polar surface area (TPSA) is 133 Å². The van der Waals surface area contributed by atoms with Gasteiger partial charge in [-0.15, -0.1) is 0 Å². The van der Waals surface area contributed by atoms with Crippen LogP contribution in [0.25, 0.3) is 21.8 Å². The monoisotopic (exact) mass is 546 g/mol. The first kappa shape index (κ1) is 26.5. The maximum absolute atomic E-state index is 8.83. The summed E-state index contributed by atoms with van der Waals surface area (Å²) in [5.74, 6) is -0.0946. The molecule has 5 aromatic rings. The van der Waals surface area contributed by atoms with Crippen molar-refractivity contribution in [2.24, 2.45) is 20.0 Å². The molecule has 0 aliphatic carbocycles. The van der Waals surface area contributed by atoms with Gasteiger partial charge in [-0.3, -0.25) is 25.8 Å². The highest BCUT2D eigenvalue weighted by molar-refractivity contribution is 6.16. The Morgan fingerprint density at radius 2 is 1.80 bits per heavy atom. The number of aryl methyl sites for hydroxylation is 2. The number of anilines is 1. The molecule has 1 aliphatic heterocycles. The summed E-state index contributed by atoms with van der Waals surface area (Å²) in [5, 5.41) is 32.7. The molecule has 208 valence electrons. The first-order chi connectivity index (χ1) is 19.8. The lowest BCUT2D eigenvalue weighted by Crippen LogP contribution is -2.39. The molecule has 0 amide bonds. The first-order valence-electron chi connectivity index (χ1n) is 13.8. The van der Waals surface area contributed by atoms with E-state index >= 15 is 0 Å². The number of nitrogen functional groups attached to an aromatic ring is 1. The summed E-state index contributed by atoms with van der Waals surface area (Å²) in [4.78, 5) is 2.37. The predicted molar refractivity (Wildman–Crippen MR) is 164 cm³/mol. The summed E-state index contributed by atoms with van der Waals surface area (Å²) in [6, 6.07) is 19.2. The summed E-state index contributed by atoms with van der Waals surface area (Å²) in [6.07, 6.45) is 5.93. The van der Waals surface area contributed by atoms with Gasteiger partial charge < -0.3 is 15.0 Å². The smallest absolute Gasteiger partial charge is 0.220 e. The number of benzene rings is 3. The zero-order valence-corrected chi connectivity index (χ0v) is 23.3. The number of piperidine rings is 1. The molecule has 0 unspecified atom stereocenters. The Morgan fingerprint density at radius 3 is 2.66 bits per heavy atom. The van der Waals surface area contributed by atoms with Crippen molar-refractivity contribution in [3.8, 4) is 0 Å². The van der Waals surface area contributed by atoms with Gasteiger partial charge in [0, 0.05) is 84.2 Å². The van der Waals surface area contributed by atoms with E-state index in [1.807, 2.05) is 31.4 Å². The van der Waals surface area contributed by atoms with Gasteiger partial charge in [-0.2, -0.15) is 5.10 Å². The molecule has 2 aromatic heterocycles. The van der Waals surface area contributed by atoms with Crippen LogP contribution in [0.4, 0.5) is 5.69 Å². The second kappa shape index (κ2) is 10.7. The molecule has 5 N–H and O–H groups in total. The van der Waals surface area contributed by atoms with Crippen molar-refractivity contribution >= 4 is 45.0 Å². The van der Waals surface area contributed by atoms with Crippen molar-refractivity contribution in [1.29, 1.82) is 16.2 Å². The number of hydrogen-bond donors (Lipinski definition) is 4. The van der Waals surface area contributed by atoms with Crippen LogP contribution in [0.5, 0.6) is 0 Å². The van der Waals surface area contributed by atoms with Crippen LogP contribution < -0.4 is 5.73 Å². The van der Waals surface area contributed by atoms with Gasteiger partial charge >= 0.3 is 0 Å². The highest BCUT2D eigenvalue weighted by Gasteiger charge is 2.26. The summed E-state index contributed by atoms with van der Waals surface area (Å²) >= 11 is 0. The van der Waals surface area contributed by atoms with Crippen LogP contribution in [-0.4, -0.2) is 49.8 Å². The molecule has 1 fully saturated rings. The molecule has 0 spiro atoms. The SMILES string of the molecule is Cn1cc2cc(C(=N)c3cc(C(=N)OC(=N)[C@H]4CCCN(Cc5cn(C)c6ccccc56)C4)ccc3N)ccc2n1. The normalized spacial score (nSPS) is 15.8.